The highest BCUT2D eigenvalue weighted by atomic mass is 32.1. The largest absolute Gasteiger partial charge is 0.348 e. The highest BCUT2D eigenvalue weighted by molar-refractivity contribution is 7.23. The second-order valence-corrected chi connectivity index (χ2v) is 29.0. The number of nitriles is 1. The first-order chi connectivity index (χ1) is 44.1. The van der Waals surface area contributed by atoms with Gasteiger partial charge in [0.2, 0.25) is 0 Å². The molecule has 24 heteroatoms. The standard InChI is InChI=1S/C23H23N7S.2C22H23FN6S/c1-13-11-30-12-15(5-14(9-24)22(30)26-13)19-8-21-20(10-25-19)28-23(31-21)29(2)18-6-16-3-4-17(7-18)27-16;1-28-11-13-5-12(6-17(23)21(13)27-28)18-9-20-19(10-24-18)26-22(30-20)29(2)16-7-14-3-4-15(8-16)25-14;1-12-10-29-11-13(5-17(23)21(29)25-12)18-8-20-19(9-24-18)27-22(30-20)28(2)16-6-14-3-4-15(7-16)26-14/h5,8,10-12,16-18,27H,3-4,6-7H2,1-2H3;5-6,9-11,14-16,25H,3-4,7-8H2,1-2H3;5,8-11,14-16,26H,3-4,6-7H2,1-2H3. The summed E-state index contributed by atoms with van der Waals surface area (Å²) in [7, 11) is 8.29. The molecule has 464 valence electrons. The van der Waals surface area contributed by atoms with E-state index in [1.165, 1.54) is 89.2 Å². The van der Waals surface area contributed by atoms with Crippen molar-refractivity contribution in [1.82, 2.24) is 74.4 Å². The number of piperidine rings is 3. The number of aryl methyl sites for hydroxylation is 3. The summed E-state index contributed by atoms with van der Waals surface area (Å²) in [5.41, 5.74) is 11.1. The van der Waals surface area contributed by atoms with Crippen LogP contribution in [-0.2, 0) is 7.05 Å². The normalized spacial score (nSPS) is 23.3. The number of aromatic nitrogens is 12. The molecule has 18 rings (SSSR count). The maximum Gasteiger partial charge on any atom is 0.186 e. The molecule has 11 aromatic heterocycles. The molecule has 19 nitrogen and oxygen atoms in total. The van der Waals surface area contributed by atoms with Crippen molar-refractivity contribution in [1.29, 1.82) is 5.26 Å². The van der Waals surface area contributed by atoms with Gasteiger partial charge in [-0.15, -0.1) is 0 Å². The van der Waals surface area contributed by atoms with Crippen molar-refractivity contribution < 1.29 is 8.78 Å². The van der Waals surface area contributed by atoms with E-state index in [1.54, 1.807) is 62.5 Å². The first kappa shape index (κ1) is 57.9. The molecular weight excluding hydrogens is 1210 g/mol. The van der Waals surface area contributed by atoms with Crippen molar-refractivity contribution >= 4 is 102 Å². The van der Waals surface area contributed by atoms with Crippen molar-refractivity contribution in [3.8, 4) is 39.8 Å². The van der Waals surface area contributed by atoms with Crippen LogP contribution in [0.5, 0.6) is 0 Å². The van der Waals surface area contributed by atoms with Crippen molar-refractivity contribution in [3.63, 3.8) is 0 Å². The summed E-state index contributed by atoms with van der Waals surface area (Å²) in [6.45, 7) is 3.79. The molecule has 0 aliphatic carbocycles. The monoisotopic (exact) mass is 1270 g/mol. The van der Waals surface area contributed by atoms with E-state index in [1.807, 2.05) is 79.7 Å². The summed E-state index contributed by atoms with van der Waals surface area (Å²) in [6.07, 6.45) is 29.8. The zero-order valence-corrected chi connectivity index (χ0v) is 53.9. The lowest BCUT2D eigenvalue weighted by atomic mass is 9.99. The van der Waals surface area contributed by atoms with Gasteiger partial charge in [0.25, 0.3) is 0 Å². The molecule has 12 aromatic rings. The Morgan fingerprint density at radius 3 is 1.33 bits per heavy atom. The van der Waals surface area contributed by atoms with Crippen LogP contribution in [0.1, 0.15) is 94.0 Å². The molecule has 0 spiro atoms. The van der Waals surface area contributed by atoms with Gasteiger partial charge in [-0.1, -0.05) is 34.0 Å². The number of nitrogens with zero attached hydrogens (tertiary/aromatic N) is 16. The van der Waals surface area contributed by atoms with E-state index in [4.69, 9.17) is 15.0 Å². The average Bonchev–Trinajstić information content (AvgIpc) is 1.85. The lowest BCUT2D eigenvalue weighted by Gasteiger charge is -2.35. The zero-order valence-electron chi connectivity index (χ0n) is 51.5. The van der Waals surface area contributed by atoms with Crippen molar-refractivity contribution in [2.24, 2.45) is 7.05 Å². The van der Waals surface area contributed by atoms with Gasteiger partial charge in [0.1, 0.15) is 28.1 Å². The molecule has 3 N–H and O–H groups in total. The molecule has 6 bridgehead atoms. The predicted molar refractivity (Wildman–Crippen MR) is 359 cm³/mol. The third-order valence-corrected chi connectivity index (χ3v) is 23.0. The van der Waals surface area contributed by atoms with Gasteiger partial charge in [-0.05, 0) is 133 Å². The molecule has 6 unspecified atom stereocenters. The van der Waals surface area contributed by atoms with Crippen LogP contribution >= 0.6 is 34.0 Å². The molecule has 1 aromatic carbocycles. The van der Waals surface area contributed by atoms with E-state index < -0.39 is 0 Å². The fourth-order valence-electron chi connectivity index (χ4n) is 15.0. The smallest absolute Gasteiger partial charge is 0.186 e. The van der Waals surface area contributed by atoms with E-state index in [2.05, 4.69) is 93.9 Å². The minimum absolute atomic E-state index is 0.324. The number of rotatable bonds is 9. The summed E-state index contributed by atoms with van der Waals surface area (Å²) in [5.74, 6) is -0.664. The molecule has 91 heavy (non-hydrogen) atoms. The van der Waals surface area contributed by atoms with Crippen LogP contribution in [0.3, 0.4) is 0 Å². The summed E-state index contributed by atoms with van der Waals surface area (Å²) in [5, 5.41) is 28.8. The van der Waals surface area contributed by atoms with Gasteiger partial charge < -0.3 is 39.5 Å². The van der Waals surface area contributed by atoms with E-state index >= 15 is 0 Å². The Labute approximate surface area is 536 Å². The van der Waals surface area contributed by atoms with Crippen LogP contribution in [-0.4, -0.2) is 134 Å². The number of hydrogen-bond acceptors (Lipinski definition) is 19. The van der Waals surface area contributed by atoms with E-state index in [0.717, 1.165) is 96.6 Å². The van der Waals surface area contributed by atoms with Crippen LogP contribution in [0, 0.1) is 36.8 Å². The molecule has 17 heterocycles. The van der Waals surface area contributed by atoms with E-state index in [9.17, 15) is 14.0 Å². The van der Waals surface area contributed by atoms with Crippen LogP contribution in [0.15, 0.2) is 92.0 Å². The SMILES string of the molecule is CN(c1nc2cnc(-c3cc(F)c4nn(C)cc4c3)cc2s1)C1CC2CCC(C1)N2.Cc1cn2cc(-c3cc4sc(N(C)C5CC6CCC(C5)N6)nc4cn3)cc(C#N)c2n1.Cc1cn2cc(-c3cc4sc(N(C)C5CC6CCC(C5)N6)nc4cn3)cc(F)c2n1. The van der Waals surface area contributed by atoms with Crippen molar-refractivity contribution in [2.45, 2.75) is 145 Å². The number of imidazole rings is 2. The predicted octanol–water partition coefficient (Wildman–Crippen LogP) is 12.2. The molecule has 0 saturated carbocycles. The first-order valence-corrected chi connectivity index (χ1v) is 34.0. The van der Waals surface area contributed by atoms with Gasteiger partial charge in [0.15, 0.2) is 38.3 Å². The minimum Gasteiger partial charge on any atom is -0.348 e. The number of fused-ring (bicyclic) bond motifs is 12. The Kier molecular flexibility index (Phi) is 14.8. The third-order valence-electron chi connectivity index (χ3n) is 19.7. The van der Waals surface area contributed by atoms with Gasteiger partial charge in [-0.25, -0.2) is 33.7 Å². The highest BCUT2D eigenvalue weighted by Gasteiger charge is 2.39. The Morgan fingerprint density at radius 1 is 0.495 bits per heavy atom. The number of thiazole rings is 3. The fraction of sp³-hybridized carbons (Fsp3) is 0.403. The van der Waals surface area contributed by atoms with Gasteiger partial charge in [-0.3, -0.25) is 19.6 Å². The maximum atomic E-state index is 14.5. The molecule has 0 amide bonds. The lowest BCUT2D eigenvalue weighted by molar-refractivity contribution is 0.354. The van der Waals surface area contributed by atoms with Gasteiger partial charge in [-0.2, -0.15) is 10.4 Å². The molecule has 6 aliphatic rings. The van der Waals surface area contributed by atoms with Crippen LogP contribution in [0.2, 0.25) is 0 Å². The molecule has 6 aliphatic heterocycles. The molecular formula is C67H69F2N19S3. The quantitative estimate of drug-likeness (QED) is 0.123. The van der Waals surface area contributed by atoms with Crippen LogP contribution in [0.4, 0.5) is 24.2 Å². The minimum atomic E-state index is -0.340. The van der Waals surface area contributed by atoms with Crippen LogP contribution < -0.4 is 30.7 Å². The number of benzene rings is 1. The Balaban J connectivity index is 0.000000109. The molecule has 0 radical (unpaired) electrons. The van der Waals surface area contributed by atoms with Crippen LogP contribution in [0.25, 0.3) is 86.6 Å². The number of nitrogens with one attached hydrogen (secondary N) is 3. The Bertz CT molecular complexity index is 4590. The summed E-state index contributed by atoms with van der Waals surface area (Å²) in [6, 6.07) is 20.7. The van der Waals surface area contributed by atoms with Gasteiger partial charge in [0.05, 0.1) is 66.7 Å². The third kappa shape index (κ3) is 11.2. The summed E-state index contributed by atoms with van der Waals surface area (Å²) < 4.78 is 37.6. The van der Waals surface area contributed by atoms with E-state index in [0.29, 0.717) is 76.8 Å². The second kappa shape index (κ2) is 23.2. The van der Waals surface area contributed by atoms with Gasteiger partial charge >= 0.3 is 0 Å². The first-order valence-electron chi connectivity index (χ1n) is 31.6. The Hall–Kier alpha value is -8.18. The molecule has 6 fully saturated rings. The lowest BCUT2D eigenvalue weighted by Crippen LogP contribution is -2.47. The molecule has 6 atom stereocenters. The number of halogens is 2. The number of hydrogen-bond donors (Lipinski definition) is 3. The number of anilines is 3. The van der Waals surface area contributed by atoms with E-state index in [-0.39, 0.29) is 11.6 Å². The molecule has 6 saturated heterocycles. The fourth-order valence-corrected chi connectivity index (χ4v) is 18.0. The average molecular weight is 1270 g/mol. The summed E-state index contributed by atoms with van der Waals surface area (Å²) in [4.78, 5) is 44.1. The van der Waals surface area contributed by atoms with Crippen molar-refractivity contribution in [2.75, 3.05) is 35.8 Å². The number of pyridine rings is 5. The van der Waals surface area contributed by atoms with Crippen molar-refractivity contribution in [3.05, 3.63) is 121 Å². The zero-order chi connectivity index (χ0) is 61.9. The topological polar surface area (TPSA) is 199 Å². The second-order valence-electron chi connectivity index (χ2n) is 26.0. The summed E-state index contributed by atoms with van der Waals surface area (Å²) >= 11 is 5.09. The van der Waals surface area contributed by atoms with Gasteiger partial charge in [0, 0.05) is 136 Å². The maximum absolute atomic E-state index is 14.5. The Morgan fingerprint density at radius 2 is 0.890 bits per heavy atom. The highest BCUT2D eigenvalue weighted by Crippen LogP contribution is 2.40.